The highest BCUT2D eigenvalue weighted by Crippen LogP contribution is 2.45. The normalized spacial score (nSPS) is 15.8. The van der Waals surface area contributed by atoms with E-state index >= 15 is 0 Å². The van der Waals surface area contributed by atoms with Crippen LogP contribution in [-0.4, -0.2) is 14.2 Å². The van der Waals surface area contributed by atoms with Gasteiger partial charge in [-0.2, -0.15) is 0 Å². The molecule has 0 aromatic heterocycles. The van der Waals surface area contributed by atoms with Crippen LogP contribution in [0.3, 0.4) is 0 Å². The molecule has 0 N–H and O–H groups in total. The summed E-state index contributed by atoms with van der Waals surface area (Å²) in [5.41, 5.74) is 2.94. The van der Waals surface area contributed by atoms with Crippen molar-refractivity contribution in [3.8, 4) is 11.5 Å². The molecular formula is C22H30O2. The zero-order chi connectivity index (χ0) is 17.4. The van der Waals surface area contributed by atoms with Crippen molar-refractivity contribution in [1.82, 2.24) is 0 Å². The van der Waals surface area contributed by atoms with Crippen molar-refractivity contribution >= 4 is 0 Å². The van der Waals surface area contributed by atoms with Crippen molar-refractivity contribution < 1.29 is 9.47 Å². The van der Waals surface area contributed by atoms with Crippen LogP contribution in [0, 0.1) is 0 Å². The summed E-state index contributed by atoms with van der Waals surface area (Å²) >= 11 is 0. The third kappa shape index (κ3) is 3.75. The van der Waals surface area contributed by atoms with Gasteiger partial charge in [0.15, 0.2) is 0 Å². The summed E-state index contributed by atoms with van der Waals surface area (Å²) in [6.45, 7) is 4.00. The summed E-state index contributed by atoms with van der Waals surface area (Å²) in [6, 6.07) is 17.2. The van der Waals surface area contributed by atoms with Gasteiger partial charge in [-0.1, -0.05) is 57.4 Å². The van der Waals surface area contributed by atoms with Gasteiger partial charge in [0.2, 0.25) is 0 Å². The molecule has 0 spiro atoms. The fraction of sp³-hybridized carbons (Fsp3) is 0.455. The van der Waals surface area contributed by atoms with Crippen molar-refractivity contribution in [1.29, 1.82) is 0 Å². The van der Waals surface area contributed by atoms with E-state index in [2.05, 4.69) is 48.5 Å². The Morgan fingerprint density at radius 2 is 1.00 bits per heavy atom. The number of rotatable bonds is 4. The summed E-state index contributed by atoms with van der Waals surface area (Å²) < 4.78 is 10.6. The first-order chi connectivity index (χ1) is 11.8. The molecule has 1 fully saturated rings. The first-order valence-corrected chi connectivity index (χ1v) is 9.07. The standard InChI is InChI=1S/C20H24O2.C2H6/c1-21-18-10-6-16(7-11-18)20(14-4-3-5-15-20)17-8-12-19(22-2)13-9-17;1-2/h6-13H,3-5,14-15H2,1-2H3;1-2H3. The zero-order valence-corrected chi connectivity index (χ0v) is 15.5. The topological polar surface area (TPSA) is 18.5 Å². The maximum atomic E-state index is 5.31. The molecule has 2 aromatic carbocycles. The highest BCUT2D eigenvalue weighted by molar-refractivity contribution is 5.43. The molecule has 2 nitrogen and oxygen atoms in total. The Kier molecular flexibility index (Phi) is 6.72. The number of methoxy groups -OCH3 is 2. The molecule has 2 aromatic rings. The highest BCUT2D eigenvalue weighted by atomic mass is 16.5. The Morgan fingerprint density at radius 3 is 1.33 bits per heavy atom. The SMILES string of the molecule is CC.COc1ccc(C2(c3ccc(OC)cc3)CCCCC2)cc1. The van der Waals surface area contributed by atoms with Crippen molar-refractivity contribution in [2.24, 2.45) is 0 Å². The molecule has 0 atom stereocenters. The van der Waals surface area contributed by atoms with Crippen LogP contribution in [0.25, 0.3) is 0 Å². The van der Waals surface area contributed by atoms with Crippen LogP contribution in [-0.2, 0) is 5.41 Å². The summed E-state index contributed by atoms with van der Waals surface area (Å²) in [6.07, 6.45) is 6.35. The van der Waals surface area contributed by atoms with Crippen LogP contribution >= 0.6 is 0 Å². The van der Waals surface area contributed by atoms with E-state index in [-0.39, 0.29) is 5.41 Å². The molecule has 0 heterocycles. The van der Waals surface area contributed by atoms with E-state index < -0.39 is 0 Å². The fourth-order valence-corrected chi connectivity index (χ4v) is 3.72. The number of hydrogen-bond acceptors (Lipinski definition) is 2. The van der Waals surface area contributed by atoms with Crippen molar-refractivity contribution in [2.45, 2.75) is 51.4 Å². The van der Waals surface area contributed by atoms with Crippen molar-refractivity contribution in [3.63, 3.8) is 0 Å². The van der Waals surface area contributed by atoms with E-state index in [4.69, 9.17) is 9.47 Å². The van der Waals surface area contributed by atoms with Gasteiger partial charge < -0.3 is 9.47 Å². The van der Waals surface area contributed by atoms with Gasteiger partial charge in [0, 0.05) is 5.41 Å². The lowest BCUT2D eigenvalue weighted by Crippen LogP contribution is -2.30. The lowest BCUT2D eigenvalue weighted by molar-refractivity contribution is 0.344. The summed E-state index contributed by atoms with van der Waals surface area (Å²) in [4.78, 5) is 0. The summed E-state index contributed by atoms with van der Waals surface area (Å²) in [5, 5.41) is 0. The fourth-order valence-electron chi connectivity index (χ4n) is 3.72. The Morgan fingerprint density at radius 1 is 0.625 bits per heavy atom. The van der Waals surface area contributed by atoms with Crippen molar-refractivity contribution in [2.75, 3.05) is 14.2 Å². The Hall–Kier alpha value is -1.96. The second kappa shape index (κ2) is 8.77. The molecule has 130 valence electrons. The van der Waals surface area contributed by atoms with Gasteiger partial charge in [-0.05, 0) is 48.2 Å². The number of ether oxygens (including phenoxy) is 2. The van der Waals surface area contributed by atoms with E-state index in [0.717, 1.165) is 11.5 Å². The van der Waals surface area contributed by atoms with Gasteiger partial charge in [0.25, 0.3) is 0 Å². The van der Waals surface area contributed by atoms with E-state index in [1.165, 1.54) is 43.2 Å². The van der Waals surface area contributed by atoms with Crippen LogP contribution in [0.4, 0.5) is 0 Å². The second-order valence-corrected chi connectivity index (χ2v) is 6.10. The molecule has 1 aliphatic carbocycles. The maximum Gasteiger partial charge on any atom is 0.118 e. The molecule has 0 amide bonds. The summed E-state index contributed by atoms with van der Waals surface area (Å²) in [7, 11) is 3.43. The van der Waals surface area contributed by atoms with Crippen LogP contribution in [0.1, 0.15) is 57.1 Å². The van der Waals surface area contributed by atoms with Gasteiger partial charge in [0.1, 0.15) is 11.5 Å². The lowest BCUT2D eigenvalue weighted by Gasteiger charge is -2.38. The van der Waals surface area contributed by atoms with E-state index in [1.54, 1.807) is 14.2 Å². The van der Waals surface area contributed by atoms with E-state index in [9.17, 15) is 0 Å². The number of benzene rings is 2. The predicted molar refractivity (Wildman–Crippen MR) is 101 cm³/mol. The summed E-state index contributed by atoms with van der Waals surface area (Å²) in [5.74, 6) is 1.84. The quantitative estimate of drug-likeness (QED) is 0.688. The predicted octanol–water partition coefficient (Wildman–Crippen LogP) is 5.98. The molecule has 0 bridgehead atoms. The molecule has 0 saturated heterocycles. The van der Waals surface area contributed by atoms with Crippen LogP contribution in [0.2, 0.25) is 0 Å². The average molecular weight is 326 g/mol. The largest absolute Gasteiger partial charge is 0.497 e. The highest BCUT2D eigenvalue weighted by Gasteiger charge is 2.35. The molecule has 0 aliphatic heterocycles. The minimum atomic E-state index is 0.136. The second-order valence-electron chi connectivity index (χ2n) is 6.10. The Balaban J connectivity index is 0.00000100. The van der Waals surface area contributed by atoms with Crippen LogP contribution in [0.5, 0.6) is 11.5 Å². The monoisotopic (exact) mass is 326 g/mol. The Bertz CT molecular complexity index is 543. The smallest absolute Gasteiger partial charge is 0.118 e. The molecule has 1 aliphatic rings. The van der Waals surface area contributed by atoms with Gasteiger partial charge in [-0.3, -0.25) is 0 Å². The molecule has 0 unspecified atom stereocenters. The third-order valence-corrected chi connectivity index (χ3v) is 4.99. The first-order valence-electron chi connectivity index (χ1n) is 9.07. The van der Waals surface area contributed by atoms with Gasteiger partial charge >= 0.3 is 0 Å². The molecule has 24 heavy (non-hydrogen) atoms. The van der Waals surface area contributed by atoms with Gasteiger partial charge in [-0.15, -0.1) is 0 Å². The molecule has 1 saturated carbocycles. The van der Waals surface area contributed by atoms with Crippen LogP contribution in [0.15, 0.2) is 48.5 Å². The lowest BCUT2D eigenvalue weighted by atomic mass is 9.65. The molecule has 3 rings (SSSR count). The Labute approximate surface area is 146 Å². The van der Waals surface area contributed by atoms with Crippen molar-refractivity contribution in [3.05, 3.63) is 59.7 Å². The first kappa shape index (κ1) is 18.4. The average Bonchev–Trinajstić information content (AvgIpc) is 2.70. The molecular weight excluding hydrogens is 296 g/mol. The number of hydrogen-bond donors (Lipinski definition) is 0. The van der Waals surface area contributed by atoms with E-state index in [1.807, 2.05) is 13.8 Å². The maximum absolute atomic E-state index is 5.31. The third-order valence-electron chi connectivity index (χ3n) is 4.99. The minimum Gasteiger partial charge on any atom is -0.497 e. The van der Waals surface area contributed by atoms with E-state index in [0.29, 0.717) is 0 Å². The van der Waals surface area contributed by atoms with Gasteiger partial charge in [0.05, 0.1) is 14.2 Å². The van der Waals surface area contributed by atoms with Crippen LogP contribution < -0.4 is 9.47 Å². The zero-order valence-electron chi connectivity index (χ0n) is 15.5. The minimum absolute atomic E-state index is 0.136. The molecule has 2 heteroatoms. The van der Waals surface area contributed by atoms with Gasteiger partial charge in [-0.25, -0.2) is 0 Å². The molecule has 0 radical (unpaired) electrons.